The molecule has 1 aliphatic rings. The summed E-state index contributed by atoms with van der Waals surface area (Å²) in [5, 5.41) is 9.79. The molecule has 1 aliphatic carbocycles. The molecule has 1 atom stereocenters. The minimum Gasteiger partial charge on any atom is -0.459 e. The molecular weight excluding hydrogens is 190 g/mol. The van der Waals surface area contributed by atoms with Crippen LogP contribution in [-0.4, -0.2) is 16.2 Å². The van der Waals surface area contributed by atoms with E-state index in [9.17, 15) is 5.11 Å². The molecule has 0 saturated heterocycles. The van der Waals surface area contributed by atoms with Crippen molar-refractivity contribution in [2.24, 2.45) is 5.92 Å². The molecule has 0 aromatic carbocycles. The van der Waals surface area contributed by atoms with Gasteiger partial charge in [0.1, 0.15) is 11.3 Å². The van der Waals surface area contributed by atoms with Gasteiger partial charge in [-0.2, -0.15) is 0 Å². The van der Waals surface area contributed by atoms with Gasteiger partial charge in [-0.1, -0.05) is 0 Å². The van der Waals surface area contributed by atoms with E-state index in [4.69, 9.17) is 4.42 Å². The van der Waals surface area contributed by atoms with Crippen molar-refractivity contribution in [3.63, 3.8) is 0 Å². The molecule has 0 bridgehead atoms. The maximum atomic E-state index is 9.79. The van der Waals surface area contributed by atoms with E-state index in [-0.39, 0.29) is 6.10 Å². The summed E-state index contributed by atoms with van der Waals surface area (Å²) in [5.41, 5.74) is 1.67. The highest BCUT2D eigenvalue weighted by atomic mass is 16.3. The third kappa shape index (κ3) is 1.75. The molecule has 3 nitrogen and oxygen atoms in total. The van der Waals surface area contributed by atoms with Crippen LogP contribution in [0.4, 0.5) is 0 Å². The number of aliphatic hydroxyl groups excluding tert-OH is 1. The van der Waals surface area contributed by atoms with Gasteiger partial charge in [-0.05, 0) is 30.9 Å². The molecule has 0 aliphatic heterocycles. The number of hydrogen-bond acceptors (Lipinski definition) is 3. The van der Waals surface area contributed by atoms with Gasteiger partial charge < -0.3 is 9.52 Å². The Bertz CT molecular complexity index is 440. The summed E-state index contributed by atoms with van der Waals surface area (Å²) < 4.78 is 5.59. The molecule has 3 rings (SSSR count). The molecule has 1 fully saturated rings. The Morgan fingerprint density at radius 1 is 1.53 bits per heavy atom. The summed E-state index contributed by atoms with van der Waals surface area (Å²) in [5.74, 6) is 1.33. The number of furan rings is 1. The topological polar surface area (TPSA) is 46.3 Å². The summed E-state index contributed by atoms with van der Waals surface area (Å²) >= 11 is 0. The number of aromatic nitrogens is 1. The maximum Gasteiger partial charge on any atom is 0.152 e. The highest BCUT2D eigenvalue weighted by Gasteiger charge is 2.30. The average Bonchev–Trinajstić information content (AvgIpc) is 2.99. The molecule has 2 aromatic rings. The summed E-state index contributed by atoms with van der Waals surface area (Å²) in [6.07, 6.45) is 4.42. The fourth-order valence-corrected chi connectivity index (χ4v) is 1.88. The lowest BCUT2D eigenvalue weighted by Crippen LogP contribution is -2.11. The quantitative estimate of drug-likeness (QED) is 0.831. The number of nitrogens with zero attached hydrogens (tertiary/aromatic N) is 1. The Morgan fingerprint density at radius 2 is 2.40 bits per heavy atom. The zero-order valence-corrected chi connectivity index (χ0v) is 8.39. The third-order valence-corrected chi connectivity index (χ3v) is 2.91. The van der Waals surface area contributed by atoms with Gasteiger partial charge in [0.25, 0.3) is 0 Å². The molecule has 1 saturated carbocycles. The van der Waals surface area contributed by atoms with E-state index in [1.54, 1.807) is 6.20 Å². The summed E-state index contributed by atoms with van der Waals surface area (Å²) in [4.78, 5) is 4.19. The van der Waals surface area contributed by atoms with Crippen LogP contribution in [0.5, 0.6) is 0 Å². The highest BCUT2D eigenvalue weighted by Crippen LogP contribution is 2.34. The Labute approximate surface area is 87.7 Å². The van der Waals surface area contributed by atoms with Crippen molar-refractivity contribution in [3.05, 3.63) is 30.2 Å². The molecule has 0 amide bonds. The molecular formula is C12H13NO2. The Kier molecular flexibility index (Phi) is 1.99. The normalized spacial score (nSPS) is 18.2. The van der Waals surface area contributed by atoms with Crippen molar-refractivity contribution in [2.75, 3.05) is 0 Å². The van der Waals surface area contributed by atoms with Crippen molar-refractivity contribution in [1.29, 1.82) is 0 Å². The van der Waals surface area contributed by atoms with E-state index in [1.807, 2.05) is 18.2 Å². The van der Waals surface area contributed by atoms with E-state index in [0.717, 1.165) is 29.7 Å². The number of rotatable bonds is 3. The van der Waals surface area contributed by atoms with Gasteiger partial charge in [0.15, 0.2) is 5.58 Å². The molecule has 2 aromatic heterocycles. The van der Waals surface area contributed by atoms with E-state index in [1.165, 1.54) is 0 Å². The van der Waals surface area contributed by atoms with Crippen LogP contribution in [-0.2, 0) is 6.42 Å². The molecule has 0 spiro atoms. The standard InChI is InChI=1S/C12H13NO2/c14-11(8-3-4-8)7-9-6-10-12(15-9)2-1-5-13-10/h1-2,5-6,8,11,14H,3-4,7H2. The molecule has 0 radical (unpaired) electrons. The van der Waals surface area contributed by atoms with Gasteiger partial charge in [0.2, 0.25) is 0 Å². The molecule has 2 heterocycles. The van der Waals surface area contributed by atoms with Crippen LogP contribution in [0.15, 0.2) is 28.8 Å². The minimum absolute atomic E-state index is 0.245. The number of fused-ring (bicyclic) bond motifs is 1. The fourth-order valence-electron chi connectivity index (χ4n) is 1.88. The second-order valence-electron chi connectivity index (χ2n) is 4.21. The maximum absolute atomic E-state index is 9.79. The highest BCUT2D eigenvalue weighted by molar-refractivity contribution is 5.72. The van der Waals surface area contributed by atoms with Crippen molar-refractivity contribution < 1.29 is 9.52 Å². The predicted molar refractivity (Wildman–Crippen MR) is 56.4 cm³/mol. The predicted octanol–water partition coefficient (Wildman–Crippen LogP) is 2.14. The summed E-state index contributed by atoms with van der Waals surface area (Å²) in [7, 11) is 0. The second-order valence-corrected chi connectivity index (χ2v) is 4.21. The monoisotopic (exact) mass is 203 g/mol. The van der Waals surface area contributed by atoms with Gasteiger partial charge in [0, 0.05) is 18.7 Å². The zero-order valence-electron chi connectivity index (χ0n) is 8.39. The molecule has 3 heteroatoms. The van der Waals surface area contributed by atoms with Crippen LogP contribution >= 0.6 is 0 Å². The average molecular weight is 203 g/mol. The number of aliphatic hydroxyl groups is 1. The third-order valence-electron chi connectivity index (χ3n) is 2.91. The first-order chi connectivity index (χ1) is 7.33. The lowest BCUT2D eigenvalue weighted by Gasteiger charge is -2.04. The molecule has 1 N–H and O–H groups in total. The van der Waals surface area contributed by atoms with Gasteiger partial charge in [-0.15, -0.1) is 0 Å². The molecule has 1 unspecified atom stereocenters. The van der Waals surface area contributed by atoms with Gasteiger partial charge in [-0.25, -0.2) is 0 Å². The Hall–Kier alpha value is -1.35. The summed E-state index contributed by atoms with van der Waals surface area (Å²) in [6.45, 7) is 0. The minimum atomic E-state index is -0.245. The van der Waals surface area contributed by atoms with Crippen molar-refractivity contribution in [3.8, 4) is 0 Å². The van der Waals surface area contributed by atoms with Crippen LogP contribution in [0.1, 0.15) is 18.6 Å². The second kappa shape index (κ2) is 3.35. The first kappa shape index (κ1) is 8.92. The molecule has 78 valence electrons. The van der Waals surface area contributed by atoms with E-state index in [0.29, 0.717) is 12.3 Å². The fraction of sp³-hybridized carbons (Fsp3) is 0.417. The van der Waals surface area contributed by atoms with E-state index >= 15 is 0 Å². The van der Waals surface area contributed by atoms with Crippen LogP contribution in [0, 0.1) is 5.92 Å². The lowest BCUT2D eigenvalue weighted by atomic mass is 10.1. The van der Waals surface area contributed by atoms with Crippen LogP contribution in [0.2, 0.25) is 0 Å². The van der Waals surface area contributed by atoms with Gasteiger partial charge >= 0.3 is 0 Å². The van der Waals surface area contributed by atoms with Gasteiger partial charge in [0.05, 0.1) is 6.10 Å². The number of hydrogen-bond donors (Lipinski definition) is 1. The number of pyridine rings is 1. The van der Waals surface area contributed by atoms with Crippen LogP contribution in [0.3, 0.4) is 0 Å². The van der Waals surface area contributed by atoms with E-state index in [2.05, 4.69) is 4.98 Å². The van der Waals surface area contributed by atoms with E-state index < -0.39 is 0 Å². The largest absolute Gasteiger partial charge is 0.459 e. The summed E-state index contributed by atoms with van der Waals surface area (Å²) in [6, 6.07) is 5.67. The van der Waals surface area contributed by atoms with Gasteiger partial charge in [-0.3, -0.25) is 4.98 Å². The lowest BCUT2D eigenvalue weighted by molar-refractivity contribution is 0.145. The van der Waals surface area contributed by atoms with Crippen LogP contribution < -0.4 is 0 Å². The smallest absolute Gasteiger partial charge is 0.152 e. The Morgan fingerprint density at radius 3 is 3.13 bits per heavy atom. The van der Waals surface area contributed by atoms with Crippen molar-refractivity contribution >= 4 is 11.1 Å². The SMILES string of the molecule is OC(Cc1cc2ncccc2o1)C1CC1. The van der Waals surface area contributed by atoms with Crippen molar-refractivity contribution in [2.45, 2.75) is 25.4 Å². The zero-order chi connectivity index (χ0) is 10.3. The molecule has 15 heavy (non-hydrogen) atoms. The Balaban J connectivity index is 1.84. The van der Waals surface area contributed by atoms with Crippen LogP contribution in [0.25, 0.3) is 11.1 Å². The first-order valence-electron chi connectivity index (χ1n) is 5.34. The first-order valence-corrected chi connectivity index (χ1v) is 5.34. The van der Waals surface area contributed by atoms with Crippen molar-refractivity contribution in [1.82, 2.24) is 4.98 Å².